The summed E-state index contributed by atoms with van der Waals surface area (Å²) in [5.41, 5.74) is 3.05. The van der Waals surface area contributed by atoms with Gasteiger partial charge in [0, 0.05) is 25.1 Å². The van der Waals surface area contributed by atoms with Crippen molar-refractivity contribution in [3.05, 3.63) is 58.3 Å². The highest BCUT2D eigenvalue weighted by Crippen LogP contribution is 2.24. The van der Waals surface area contributed by atoms with E-state index in [1.54, 1.807) is 0 Å². The average molecular weight is 323 g/mol. The lowest BCUT2D eigenvalue weighted by Gasteiger charge is -2.18. The Morgan fingerprint density at radius 3 is 2.58 bits per heavy atom. The van der Waals surface area contributed by atoms with Crippen molar-refractivity contribution >= 4 is 27.3 Å². The summed E-state index contributed by atoms with van der Waals surface area (Å²) in [6.07, 6.45) is 0. The second-order valence-electron chi connectivity index (χ2n) is 4.54. The molecule has 0 saturated heterocycles. The van der Waals surface area contributed by atoms with E-state index >= 15 is 0 Å². The molecule has 4 heteroatoms. The van der Waals surface area contributed by atoms with Crippen LogP contribution in [0.2, 0.25) is 0 Å². The number of benzene rings is 2. The van der Waals surface area contributed by atoms with E-state index in [0.29, 0.717) is 6.54 Å². The number of halogens is 2. The highest BCUT2D eigenvalue weighted by atomic mass is 79.9. The van der Waals surface area contributed by atoms with Gasteiger partial charge >= 0.3 is 0 Å². The summed E-state index contributed by atoms with van der Waals surface area (Å²) >= 11 is 3.30. The van der Waals surface area contributed by atoms with E-state index in [1.807, 2.05) is 49.3 Å². The first-order valence-corrected chi connectivity index (χ1v) is 6.81. The van der Waals surface area contributed by atoms with Crippen LogP contribution in [0.15, 0.2) is 46.9 Å². The first kappa shape index (κ1) is 13.9. The first-order chi connectivity index (χ1) is 9.06. The van der Waals surface area contributed by atoms with Crippen LogP contribution in [0.4, 0.5) is 15.8 Å². The number of anilines is 2. The van der Waals surface area contributed by atoms with E-state index in [1.165, 1.54) is 12.1 Å². The van der Waals surface area contributed by atoms with Crippen molar-refractivity contribution in [2.45, 2.75) is 6.54 Å². The summed E-state index contributed by atoms with van der Waals surface area (Å²) in [4.78, 5) is 2.05. The number of nitrogens with one attached hydrogen (secondary N) is 1. The molecule has 0 amide bonds. The molecule has 0 heterocycles. The molecule has 0 aromatic heterocycles. The van der Waals surface area contributed by atoms with Crippen LogP contribution < -0.4 is 10.2 Å². The maximum Gasteiger partial charge on any atom is 0.124 e. The van der Waals surface area contributed by atoms with Crippen LogP contribution >= 0.6 is 15.9 Å². The largest absolute Gasteiger partial charge is 0.379 e. The zero-order chi connectivity index (χ0) is 13.8. The first-order valence-electron chi connectivity index (χ1n) is 6.01. The van der Waals surface area contributed by atoms with E-state index in [9.17, 15) is 4.39 Å². The molecule has 2 rings (SSSR count). The van der Waals surface area contributed by atoms with E-state index in [0.717, 1.165) is 21.4 Å². The van der Waals surface area contributed by atoms with Crippen molar-refractivity contribution in [1.82, 2.24) is 0 Å². The fourth-order valence-corrected chi connectivity index (χ4v) is 2.44. The minimum Gasteiger partial charge on any atom is -0.379 e. The molecule has 0 saturated carbocycles. The molecule has 0 unspecified atom stereocenters. The highest BCUT2D eigenvalue weighted by Gasteiger charge is 2.04. The van der Waals surface area contributed by atoms with Crippen molar-refractivity contribution in [2.24, 2.45) is 0 Å². The molecule has 1 N–H and O–H groups in total. The van der Waals surface area contributed by atoms with Crippen molar-refractivity contribution in [1.29, 1.82) is 0 Å². The molecule has 0 aliphatic rings. The van der Waals surface area contributed by atoms with Gasteiger partial charge in [-0.15, -0.1) is 0 Å². The minimum atomic E-state index is -0.230. The Morgan fingerprint density at radius 2 is 1.89 bits per heavy atom. The van der Waals surface area contributed by atoms with Crippen molar-refractivity contribution in [3.8, 4) is 0 Å². The second kappa shape index (κ2) is 6.06. The Labute approximate surface area is 121 Å². The lowest BCUT2D eigenvalue weighted by molar-refractivity contribution is 0.625. The third-order valence-electron chi connectivity index (χ3n) is 2.79. The number of rotatable bonds is 4. The smallest absolute Gasteiger partial charge is 0.124 e. The van der Waals surface area contributed by atoms with Crippen molar-refractivity contribution in [2.75, 3.05) is 24.3 Å². The Balaban J connectivity index is 2.14. The molecule has 2 aromatic rings. The predicted molar refractivity (Wildman–Crippen MR) is 82.2 cm³/mol. The van der Waals surface area contributed by atoms with Crippen LogP contribution in [-0.4, -0.2) is 14.1 Å². The number of hydrogen-bond acceptors (Lipinski definition) is 2. The lowest BCUT2D eigenvalue weighted by atomic mass is 10.2. The van der Waals surface area contributed by atoms with Gasteiger partial charge < -0.3 is 10.2 Å². The van der Waals surface area contributed by atoms with Gasteiger partial charge in [0.25, 0.3) is 0 Å². The number of hydrogen-bond donors (Lipinski definition) is 1. The summed E-state index contributed by atoms with van der Waals surface area (Å²) in [5.74, 6) is -0.230. The summed E-state index contributed by atoms with van der Waals surface area (Å²) in [5, 5.41) is 3.34. The van der Waals surface area contributed by atoms with Crippen LogP contribution in [0.3, 0.4) is 0 Å². The van der Waals surface area contributed by atoms with Gasteiger partial charge in [0.2, 0.25) is 0 Å². The van der Waals surface area contributed by atoms with Gasteiger partial charge in [0.15, 0.2) is 0 Å². The molecule has 0 aliphatic carbocycles. The van der Waals surface area contributed by atoms with Gasteiger partial charge in [-0.2, -0.15) is 0 Å². The Morgan fingerprint density at radius 1 is 1.16 bits per heavy atom. The maximum absolute atomic E-state index is 13.3. The van der Waals surface area contributed by atoms with E-state index in [4.69, 9.17) is 0 Å². The SMILES string of the molecule is CN(C)c1ccccc1NCc1cc(F)cc(Br)c1. The second-order valence-corrected chi connectivity index (χ2v) is 5.46. The van der Waals surface area contributed by atoms with Gasteiger partial charge in [-0.25, -0.2) is 4.39 Å². The molecule has 0 radical (unpaired) electrons. The summed E-state index contributed by atoms with van der Waals surface area (Å²) in [7, 11) is 4.00. The maximum atomic E-state index is 13.3. The quantitative estimate of drug-likeness (QED) is 0.904. The molecular formula is C15H16BrFN2. The molecule has 0 bridgehead atoms. The normalized spacial score (nSPS) is 10.3. The molecule has 0 spiro atoms. The van der Waals surface area contributed by atoms with Gasteiger partial charge in [-0.1, -0.05) is 28.1 Å². The lowest BCUT2D eigenvalue weighted by Crippen LogP contribution is -2.12. The Kier molecular flexibility index (Phi) is 4.43. The van der Waals surface area contributed by atoms with Crippen molar-refractivity contribution in [3.63, 3.8) is 0 Å². The molecule has 0 fully saturated rings. The number of nitrogens with zero attached hydrogens (tertiary/aromatic N) is 1. The van der Waals surface area contributed by atoms with Crippen LogP contribution in [-0.2, 0) is 6.54 Å². The Bertz CT molecular complexity index is 550. The average Bonchev–Trinajstić information content (AvgIpc) is 2.35. The van der Waals surface area contributed by atoms with Crippen LogP contribution in [0.5, 0.6) is 0 Å². The zero-order valence-electron chi connectivity index (χ0n) is 11.0. The molecule has 19 heavy (non-hydrogen) atoms. The fraction of sp³-hybridized carbons (Fsp3) is 0.200. The number of para-hydroxylation sites is 2. The van der Waals surface area contributed by atoms with E-state index in [-0.39, 0.29) is 5.82 Å². The van der Waals surface area contributed by atoms with Crippen LogP contribution in [0.1, 0.15) is 5.56 Å². The van der Waals surface area contributed by atoms with Gasteiger partial charge in [-0.3, -0.25) is 0 Å². The van der Waals surface area contributed by atoms with E-state index in [2.05, 4.69) is 21.2 Å². The summed E-state index contributed by atoms with van der Waals surface area (Å²) in [6, 6.07) is 12.9. The van der Waals surface area contributed by atoms with Crippen LogP contribution in [0.25, 0.3) is 0 Å². The molecule has 100 valence electrons. The predicted octanol–water partition coefficient (Wildman–Crippen LogP) is 4.27. The van der Waals surface area contributed by atoms with Gasteiger partial charge in [0.05, 0.1) is 11.4 Å². The van der Waals surface area contributed by atoms with Crippen LogP contribution in [0, 0.1) is 5.82 Å². The third-order valence-corrected chi connectivity index (χ3v) is 3.25. The molecule has 2 aromatic carbocycles. The van der Waals surface area contributed by atoms with Gasteiger partial charge in [0.1, 0.15) is 5.82 Å². The minimum absolute atomic E-state index is 0.230. The standard InChI is InChI=1S/C15H16BrFN2/c1-19(2)15-6-4-3-5-14(15)18-10-11-7-12(16)9-13(17)8-11/h3-9,18H,10H2,1-2H3. The Hall–Kier alpha value is -1.55. The molecule has 0 aliphatic heterocycles. The summed E-state index contributed by atoms with van der Waals surface area (Å²) < 4.78 is 14.1. The third kappa shape index (κ3) is 3.70. The zero-order valence-corrected chi connectivity index (χ0v) is 12.5. The molecule has 0 atom stereocenters. The van der Waals surface area contributed by atoms with Gasteiger partial charge in [-0.05, 0) is 35.9 Å². The monoisotopic (exact) mass is 322 g/mol. The van der Waals surface area contributed by atoms with Crippen molar-refractivity contribution < 1.29 is 4.39 Å². The molecule has 2 nitrogen and oxygen atoms in total. The fourth-order valence-electron chi connectivity index (χ4n) is 1.92. The highest BCUT2D eigenvalue weighted by molar-refractivity contribution is 9.10. The summed E-state index contributed by atoms with van der Waals surface area (Å²) in [6.45, 7) is 0.585. The topological polar surface area (TPSA) is 15.3 Å². The van der Waals surface area contributed by atoms with E-state index < -0.39 is 0 Å². The molecular weight excluding hydrogens is 307 g/mol.